The fourth-order valence-corrected chi connectivity index (χ4v) is 2.62. The minimum atomic E-state index is 0.496. The quantitative estimate of drug-likeness (QED) is 0.711. The fourth-order valence-electron chi connectivity index (χ4n) is 2.62. The van der Waals surface area contributed by atoms with Gasteiger partial charge in [0.1, 0.15) is 11.5 Å². The summed E-state index contributed by atoms with van der Waals surface area (Å²) in [7, 11) is 0. The van der Waals surface area contributed by atoms with Crippen molar-refractivity contribution < 1.29 is 9.47 Å². The van der Waals surface area contributed by atoms with Crippen LogP contribution in [0.5, 0.6) is 11.5 Å². The summed E-state index contributed by atoms with van der Waals surface area (Å²) >= 11 is 0. The van der Waals surface area contributed by atoms with Gasteiger partial charge in [-0.2, -0.15) is 0 Å². The normalized spacial score (nSPS) is 15.3. The number of benzene rings is 1. The summed E-state index contributed by atoms with van der Waals surface area (Å²) < 4.78 is 11.6. The average molecular weight is 292 g/mol. The standard InChI is InChI=1S/C17H28N2O2/c1-2-11-20-16-7-6-15(14-18)17(13-16)21-12-5-10-19-8-3-4-9-19/h6-7,13H,2-5,8-12,14,18H2,1H3. The summed E-state index contributed by atoms with van der Waals surface area (Å²) in [4.78, 5) is 2.51. The van der Waals surface area contributed by atoms with E-state index in [-0.39, 0.29) is 0 Å². The van der Waals surface area contributed by atoms with E-state index in [4.69, 9.17) is 15.2 Å². The van der Waals surface area contributed by atoms with Gasteiger partial charge in [-0.1, -0.05) is 13.0 Å². The molecule has 1 aliphatic rings. The molecule has 0 radical (unpaired) electrons. The van der Waals surface area contributed by atoms with Crippen molar-refractivity contribution >= 4 is 0 Å². The zero-order valence-electron chi connectivity index (χ0n) is 13.1. The van der Waals surface area contributed by atoms with E-state index in [1.807, 2.05) is 18.2 Å². The molecule has 4 heteroatoms. The highest BCUT2D eigenvalue weighted by molar-refractivity contribution is 5.40. The maximum Gasteiger partial charge on any atom is 0.127 e. The molecule has 0 bridgehead atoms. The van der Waals surface area contributed by atoms with E-state index in [0.717, 1.165) is 49.7 Å². The SMILES string of the molecule is CCCOc1ccc(CN)c(OCCCN2CCCC2)c1. The number of hydrogen-bond acceptors (Lipinski definition) is 4. The van der Waals surface area contributed by atoms with E-state index in [2.05, 4.69) is 11.8 Å². The molecule has 1 aliphatic heterocycles. The first-order chi connectivity index (χ1) is 10.3. The van der Waals surface area contributed by atoms with Gasteiger partial charge >= 0.3 is 0 Å². The van der Waals surface area contributed by atoms with Crippen LogP contribution in [-0.4, -0.2) is 37.7 Å². The fraction of sp³-hybridized carbons (Fsp3) is 0.647. The predicted molar refractivity (Wildman–Crippen MR) is 85.9 cm³/mol. The predicted octanol–water partition coefficient (Wildman–Crippen LogP) is 2.80. The molecule has 0 atom stereocenters. The van der Waals surface area contributed by atoms with Crippen LogP contribution in [0, 0.1) is 0 Å². The van der Waals surface area contributed by atoms with Crippen LogP contribution in [0.3, 0.4) is 0 Å². The molecule has 0 aromatic heterocycles. The summed E-state index contributed by atoms with van der Waals surface area (Å²) in [5.74, 6) is 1.73. The lowest BCUT2D eigenvalue weighted by Gasteiger charge is -2.16. The zero-order valence-corrected chi connectivity index (χ0v) is 13.1. The van der Waals surface area contributed by atoms with Crippen molar-refractivity contribution in [3.63, 3.8) is 0 Å². The molecule has 0 saturated carbocycles. The molecule has 1 fully saturated rings. The molecule has 4 nitrogen and oxygen atoms in total. The van der Waals surface area contributed by atoms with Crippen molar-refractivity contribution in [2.75, 3.05) is 32.8 Å². The van der Waals surface area contributed by atoms with Crippen molar-refractivity contribution in [1.82, 2.24) is 4.90 Å². The Morgan fingerprint density at radius 1 is 1.14 bits per heavy atom. The molecule has 2 N–H and O–H groups in total. The van der Waals surface area contributed by atoms with Crippen LogP contribution in [0.15, 0.2) is 18.2 Å². The lowest BCUT2D eigenvalue weighted by atomic mass is 10.2. The Hall–Kier alpha value is -1.26. The number of likely N-dealkylation sites (tertiary alicyclic amines) is 1. The highest BCUT2D eigenvalue weighted by Crippen LogP contribution is 2.25. The van der Waals surface area contributed by atoms with Crippen LogP contribution in [0.4, 0.5) is 0 Å². The first-order valence-corrected chi connectivity index (χ1v) is 8.14. The van der Waals surface area contributed by atoms with E-state index < -0.39 is 0 Å². The Morgan fingerprint density at radius 3 is 2.67 bits per heavy atom. The molecule has 118 valence electrons. The Labute approximate surface area is 128 Å². The van der Waals surface area contributed by atoms with E-state index in [0.29, 0.717) is 6.54 Å². The van der Waals surface area contributed by atoms with Crippen LogP contribution in [0.25, 0.3) is 0 Å². The molecular formula is C17H28N2O2. The van der Waals surface area contributed by atoms with Crippen molar-refractivity contribution in [3.05, 3.63) is 23.8 Å². The molecule has 1 saturated heterocycles. The number of nitrogens with zero attached hydrogens (tertiary/aromatic N) is 1. The molecule has 1 aromatic carbocycles. The molecule has 0 amide bonds. The second kappa shape index (κ2) is 8.90. The molecular weight excluding hydrogens is 264 g/mol. The van der Waals surface area contributed by atoms with Gasteiger partial charge in [-0.15, -0.1) is 0 Å². The van der Waals surface area contributed by atoms with E-state index in [1.54, 1.807) is 0 Å². The lowest BCUT2D eigenvalue weighted by Crippen LogP contribution is -2.22. The van der Waals surface area contributed by atoms with Gasteiger partial charge in [-0.25, -0.2) is 0 Å². The topological polar surface area (TPSA) is 47.7 Å². The summed E-state index contributed by atoms with van der Waals surface area (Å²) in [5, 5.41) is 0. The maximum atomic E-state index is 5.92. The number of hydrogen-bond donors (Lipinski definition) is 1. The van der Waals surface area contributed by atoms with Crippen LogP contribution < -0.4 is 15.2 Å². The third-order valence-electron chi connectivity index (χ3n) is 3.81. The summed E-state index contributed by atoms with van der Waals surface area (Å²) in [6.07, 6.45) is 4.75. The Balaban J connectivity index is 1.81. The van der Waals surface area contributed by atoms with Gasteiger partial charge in [0.2, 0.25) is 0 Å². The van der Waals surface area contributed by atoms with Crippen molar-refractivity contribution in [2.24, 2.45) is 5.73 Å². The van der Waals surface area contributed by atoms with Crippen LogP contribution in [-0.2, 0) is 6.54 Å². The average Bonchev–Trinajstić information content (AvgIpc) is 3.03. The van der Waals surface area contributed by atoms with Gasteiger partial charge in [0.15, 0.2) is 0 Å². The highest BCUT2D eigenvalue weighted by atomic mass is 16.5. The number of rotatable bonds is 9. The first-order valence-electron chi connectivity index (χ1n) is 8.14. The molecule has 1 aromatic rings. The van der Waals surface area contributed by atoms with Crippen LogP contribution in [0.1, 0.15) is 38.2 Å². The molecule has 0 unspecified atom stereocenters. The molecule has 1 heterocycles. The largest absolute Gasteiger partial charge is 0.493 e. The summed E-state index contributed by atoms with van der Waals surface area (Å²) in [5.41, 5.74) is 6.82. The van der Waals surface area contributed by atoms with Crippen LogP contribution >= 0.6 is 0 Å². The maximum absolute atomic E-state index is 5.92. The van der Waals surface area contributed by atoms with Crippen molar-refractivity contribution in [3.8, 4) is 11.5 Å². The monoisotopic (exact) mass is 292 g/mol. The Morgan fingerprint density at radius 2 is 1.95 bits per heavy atom. The Bertz CT molecular complexity index is 417. The summed E-state index contributed by atoms with van der Waals surface area (Å²) in [6, 6.07) is 5.93. The lowest BCUT2D eigenvalue weighted by molar-refractivity contribution is 0.259. The van der Waals surface area contributed by atoms with Crippen molar-refractivity contribution in [1.29, 1.82) is 0 Å². The van der Waals surface area contributed by atoms with E-state index >= 15 is 0 Å². The number of nitrogens with two attached hydrogens (primary N) is 1. The van der Waals surface area contributed by atoms with Crippen LogP contribution in [0.2, 0.25) is 0 Å². The third-order valence-corrected chi connectivity index (χ3v) is 3.81. The molecule has 0 spiro atoms. The van der Waals surface area contributed by atoms with Crippen molar-refractivity contribution in [2.45, 2.75) is 39.2 Å². The van der Waals surface area contributed by atoms with Gasteiger partial charge in [-0.3, -0.25) is 0 Å². The van der Waals surface area contributed by atoms with Gasteiger partial charge in [0.05, 0.1) is 13.2 Å². The second-order valence-electron chi connectivity index (χ2n) is 5.57. The summed E-state index contributed by atoms with van der Waals surface area (Å²) in [6.45, 7) is 7.68. The minimum absolute atomic E-state index is 0.496. The molecule has 21 heavy (non-hydrogen) atoms. The van der Waals surface area contributed by atoms with Gasteiger partial charge in [0, 0.05) is 24.7 Å². The highest BCUT2D eigenvalue weighted by Gasteiger charge is 2.11. The number of ether oxygens (including phenoxy) is 2. The third kappa shape index (κ3) is 5.21. The van der Waals surface area contributed by atoms with Gasteiger partial charge < -0.3 is 20.1 Å². The molecule has 2 rings (SSSR count). The molecule has 0 aliphatic carbocycles. The Kier molecular flexibility index (Phi) is 6.83. The minimum Gasteiger partial charge on any atom is -0.493 e. The van der Waals surface area contributed by atoms with Gasteiger partial charge in [0.25, 0.3) is 0 Å². The zero-order chi connectivity index (χ0) is 14.9. The second-order valence-corrected chi connectivity index (χ2v) is 5.57. The van der Waals surface area contributed by atoms with E-state index in [9.17, 15) is 0 Å². The first kappa shape index (κ1) is 16.1. The van der Waals surface area contributed by atoms with E-state index in [1.165, 1.54) is 25.9 Å². The van der Waals surface area contributed by atoms with Gasteiger partial charge in [-0.05, 0) is 44.8 Å². The smallest absolute Gasteiger partial charge is 0.127 e.